The van der Waals surface area contributed by atoms with Crippen LogP contribution in [0.15, 0.2) is 42.6 Å². The average molecular weight is 346 g/mol. The van der Waals surface area contributed by atoms with Crippen LogP contribution in [0.3, 0.4) is 0 Å². The molecule has 24 heavy (non-hydrogen) atoms. The van der Waals surface area contributed by atoms with Gasteiger partial charge in [0.1, 0.15) is 5.82 Å². The molecule has 0 spiro atoms. The number of aromatic nitrogens is 1. The average Bonchev–Trinajstić information content (AvgIpc) is 3.13. The van der Waals surface area contributed by atoms with Crippen LogP contribution in [0.1, 0.15) is 28.8 Å². The molecule has 1 aromatic carbocycles. The molecule has 1 atom stereocenters. The molecule has 0 aliphatic carbocycles. The highest BCUT2D eigenvalue weighted by atomic mass is 35.5. The maximum Gasteiger partial charge on any atom is 0.255 e. The fourth-order valence-electron chi connectivity index (χ4n) is 2.66. The van der Waals surface area contributed by atoms with E-state index in [9.17, 15) is 4.79 Å². The van der Waals surface area contributed by atoms with Gasteiger partial charge in [-0.25, -0.2) is 4.98 Å². The lowest BCUT2D eigenvalue weighted by Gasteiger charge is -2.14. The Morgan fingerprint density at radius 3 is 2.96 bits per heavy atom. The van der Waals surface area contributed by atoms with Gasteiger partial charge in [-0.05, 0) is 36.6 Å². The third kappa shape index (κ3) is 4.24. The third-order valence-electron chi connectivity index (χ3n) is 3.97. The number of hydrogen-bond donors (Lipinski definition) is 2. The number of carbonyl (C=O) groups is 1. The molecular formula is C18H20ClN3O2. The summed E-state index contributed by atoms with van der Waals surface area (Å²) in [5.41, 5.74) is 1.47. The Balaban J connectivity index is 1.63. The summed E-state index contributed by atoms with van der Waals surface area (Å²) in [6.07, 6.45) is 3.82. The van der Waals surface area contributed by atoms with E-state index in [1.165, 1.54) is 0 Å². The number of benzene rings is 1. The molecule has 6 heteroatoms. The molecule has 3 rings (SSSR count). The van der Waals surface area contributed by atoms with Crippen molar-refractivity contribution in [2.24, 2.45) is 0 Å². The van der Waals surface area contributed by atoms with Crippen LogP contribution in [0.5, 0.6) is 0 Å². The van der Waals surface area contributed by atoms with E-state index in [-0.39, 0.29) is 12.0 Å². The molecule has 5 nitrogen and oxygen atoms in total. The zero-order valence-electron chi connectivity index (χ0n) is 13.3. The Kier molecular flexibility index (Phi) is 5.67. The Hall–Kier alpha value is -2.11. The van der Waals surface area contributed by atoms with Gasteiger partial charge in [-0.15, -0.1) is 0 Å². The Morgan fingerprint density at radius 2 is 2.17 bits per heavy atom. The highest BCUT2D eigenvalue weighted by Crippen LogP contribution is 2.18. The number of nitrogens with one attached hydrogen (secondary N) is 2. The minimum atomic E-state index is -0.153. The summed E-state index contributed by atoms with van der Waals surface area (Å²) >= 11 is 6.16. The lowest BCUT2D eigenvalue weighted by molar-refractivity contribution is 0.0858. The largest absolute Gasteiger partial charge is 0.376 e. The standard InChI is InChI=1S/C18H20ClN3O2/c19-16-8-2-1-5-13(16)11-21-17-15(7-3-9-20-17)18(23)22-12-14-6-4-10-24-14/h1-3,5,7-9,14H,4,6,10-12H2,(H,20,21)(H,22,23)/t14-/m0/s1. The van der Waals surface area contributed by atoms with Gasteiger partial charge in [-0.3, -0.25) is 4.79 Å². The van der Waals surface area contributed by atoms with Gasteiger partial charge in [0.15, 0.2) is 0 Å². The van der Waals surface area contributed by atoms with Crippen molar-refractivity contribution in [2.45, 2.75) is 25.5 Å². The van der Waals surface area contributed by atoms with Gasteiger partial charge in [0.2, 0.25) is 0 Å². The second-order valence-electron chi connectivity index (χ2n) is 5.69. The highest BCUT2D eigenvalue weighted by Gasteiger charge is 2.18. The van der Waals surface area contributed by atoms with Gasteiger partial charge in [0.05, 0.1) is 11.7 Å². The van der Waals surface area contributed by atoms with Crippen molar-refractivity contribution >= 4 is 23.3 Å². The van der Waals surface area contributed by atoms with Crippen molar-refractivity contribution in [3.8, 4) is 0 Å². The molecule has 1 saturated heterocycles. The molecule has 2 heterocycles. The van der Waals surface area contributed by atoms with Gasteiger partial charge in [0, 0.05) is 30.9 Å². The number of nitrogens with zero attached hydrogens (tertiary/aromatic N) is 1. The first kappa shape index (κ1) is 16.7. The first-order chi connectivity index (χ1) is 11.7. The van der Waals surface area contributed by atoms with E-state index in [2.05, 4.69) is 15.6 Å². The normalized spacial score (nSPS) is 16.8. The molecule has 1 fully saturated rings. The number of hydrogen-bond acceptors (Lipinski definition) is 4. The molecule has 0 bridgehead atoms. The number of anilines is 1. The van der Waals surface area contributed by atoms with Crippen molar-refractivity contribution in [3.05, 3.63) is 58.7 Å². The van der Waals surface area contributed by atoms with E-state index < -0.39 is 0 Å². The molecule has 2 aromatic rings. The molecule has 0 radical (unpaired) electrons. The lowest BCUT2D eigenvalue weighted by atomic mass is 10.2. The molecule has 126 valence electrons. The van der Waals surface area contributed by atoms with E-state index in [1.54, 1.807) is 18.3 Å². The van der Waals surface area contributed by atoms with Crippen LogP contribution >= 0.6 is 11.6 Å². The van der Waals surface area contributed by atoms with Gasteiger partial charge in [0.25, 0.3) is 5.91 Å². The third-order valence-corrected chi connectivity index (χ3v) is 4.34. The highest BCUT2D eigenvalue weighted by molar-refractivity contribution is 6.31. The van der Waals surface area contributed by atoms with E-state index in [0.29, 0.717) is 29.5 Å². The first-order valence-electron chi connectivity index (χ1n) is 8.06. The molecule has 1 aliphatic heterocycles. The maximum absolute atomic E-state index is 12.4. The lowest BCUT2D eigenvalue weighted by Crippen LogP contribution is -2.32. The van der Waals surface area contributed by atoms with E-state index in [1.807, 2.05) is 24.3 Å². The fourth-order valence-corrected chi connectivity index (χ4v) is 2.86. The molecule has 1 aliphatic rings. The topological polar surface area (TPSA) is 63.2 Å². The smallest absolute Gasteiger partial charge is 0.255 e. The summed E-state index contributed by atoms with van der Waals surface area (Å²) in [5.74, 6) is 0.391. The minimum absolute atomic E-state index is 0.116. The number of pyridine rings is 1. The van der Waals surface area contributed by atoms with E-state index in [0.717, 1.165) is 25.0 Å². The van der Waals surface area contributed by atoms with Crippen LogP contribution in [0.25, 0.3) is 0 Å². The molecule has 0 saturated carbocycles. The van der Waals surface area contributed by atoms with Crippen LogP contribution in [0.2, 0.25) is 5.02 Å². The van der Waals surface area contributed by atoms with Crippen molar-refractivity contribution in [3.63, 3.8) is 0 Å². The van der Waals surface area contributed by atoms with Gasteiger partial charge in [-0.1, -0.05) is 29.8 Å². The summed E-state index contributed by atoms with van der Waals surface area (Å²) in [7, 11) is 0. The Morgan fingerprint density at radius 1 is 1.29 bits per heavy atom. The first-order valence-corrected chi connectivity index (χ1v) is 8.44. The number of amides is 1. The van der Waals surface area contributed by atoms with Crippen molar-refractivity contribution < 1.29 is 9.53 Å². The summed E-state index contributed by atoms with van der Waals surface area (Å²) in [6, 6.07) is 11.1. The fraction of sp³-hybridized carbons (Fsp3) is 0.333. The van der Waals surface area contributed by atoms with Crippen LogP contribution in [-0.4, -0.2) is 30.1 Å². The van der Waals surface area contributed by atoms with Crippen molar-refractivity contribution in [2.75, 3.05) is 18.5 Å². The van der Waals surface area contributed by atoms with Gasteiger partial charge in [-0.2, -0.15) is 0 Å². The summed E-state index contributed by atoms with van der Waals surface area (Å²) in [4.78, 5) is 16.7. The number of carbonyl (C=O) groups excluding carboxylic acids is 1. The SMILES string of the molecule is O=C(NC[C@@H]1CCCO1)c1cccnc1NCc1ccccc1Cl. The second-order valence-corrected chi connectivity index (χ2v) is 6.10. The Labute approximate surface area is 146 Å². The van der Waals surface area contributed by atoms with Crippen LogP contribution in [-0.2, 0) is 11.3 Å². The monoisotopic (exact) mass is 345 g/mol. The van der Waals surface area contributed by atoms with Crippen molar-refractivity contribution in [1.82, 2.24) is 10.3 Å². The van der Waals surface area contributed by atoms with E-state index >= 15 is 0 Å². The van der Waals surface area contributed by atoms with Gasteiger partial charge < -0.3 is 15.4 Å². The number of halogens is 1. The van der Waals surface area contributed by atoms with Crippen LogP contribution in [0, 0.1) is 0 Å². The minimum Gasteiger partial charge on any atom is -0.376 e. The number of rotatable bonds is 6. The van der Waals surface area contributed by atoms with Gasteiger partial charge >= 0.3 is 0 Å². The molecule has 1 aromatic heterocycles. The number of ether oxygens (including phenoxy) is 1. The quantitative estimate of drug-likeness (QED) is 0.843. The summed E-state index contributed by atoms with van der Waals surface area (Å²) in [5, 5.41) is 6.80. The predicted octanol–water partition coefficient (Wildman–Crippen LogP) is 3.26. The molecule has 0 unspecified atom stereocenters. The maximum atomic E-state index is 12.4. The van der Waals surface area contributed by atoms with Crippen LogP contribution < -0.4 is 10.6 Å². The van der Waals surface area contributed by atoms with E-state index in [4.69, 9.17) is 16.3 Å². The zero-order chi connectivity index (χ0) is 16.8. The zero-order valence-corrected chi connectivity index (χ0v) is 14.1. The predicted molar refractivity (Wildman–Crippen MR) is 94.3 cm³/mol. The summed E-state index contributed by atoms with van der Waals surface area (Å²) in [6.45, 7) is 1.80. The molecule has 2 N–H and O–H groups in total. The Bertz CT molecular complexity index is 702. The van der Waals surface area contributed by atoms with Crippen molar-refractivity contribution in [1.29, 1.82) is 0 Å². The molecule has 1 amide bonds. The summed E-state index contributed by atoms with van der Waals surface area (Å²) < 4.78 is 5.53. The molecular weight excluding hydrogens is 326 g/mol. The second kappa shape index (κ2) is 8.13. The van der Waals surface area contributed by atoms with Crippen LogP contribution in [0.4, 0.5) is 5.82 Å².